The smallest absolute Gasteiger partial charge is 0.144 e. The zero-order valence-electron chi connectivity index (χ0n) is 6.95. The van der Waals surface area contributed by atoms with Gasteiger partial charge in [-0.05, 0) is 28.1 Å². The fraction of sp³-hybridized carbons (Fsp3) is 0.111. The molecule has 3 nitrogen and oxygen atoms in total. The van der Waals surface area contributed by atoms with E-state index in [0.717, 1.165) is 15.5 Å². The van der Waals surface area contributed by atoms with Crippen LogP contribution in [0.1, 0.15) is 5.69 Å². The van der Waals surface area contributed by atoms with Crippen molar-refractivity contribution < 1.29 is 0 Å². The zero-order valence-corrected chi connectivity index (χ0v) is 8.54. The van der Waals surface area contributed by atoms with E-state index in [0.29, 0.717) is 5.69 Å². The number of halogens is 1. The molecule has 0 radical (unpaired) electrons. The van der Waals surface area contributed by atoms with Crippen LogP contribution in [0.5, 0.6) is 0 Å². The molecule has 0 aliphatic carbocycles. The SMILES string of the molecule is Cn1ccc2c(Br)cc(C#N)nc21. The molecule has 0 unspecified atom stereocenters. The minimum absolute atomic E-state index is 0.432. The molecular weight excluding hydrogens is 230 g/mol. The second-order valence-electron chi connectivity index (χ2n) is 2.77. The molecule has 0 aliphatic heterocycles. The van der Waals surface area contributed by atoms with Crippen molar-refractivity contribution in [2.75, 3.05) is 0 Å². The van der Waals surface area contributed by atoms with Crippen LogP contribution in [-0.4, -0.2) is 9.55 Å². The first-order valence-electron chi connectivity index (χ1n) is 3.74. The summed E-state index contributed by atoms with van der Waals surface area (Å²) in [5, 5.41) is 9.74. The van der Waals surface area contributed by atoms with Crippen molar-refractivity contribution in [2.24, 2.45) is 7.05 Å². The number of hydrogen-bond donors (Lipinski definition) is 0. The molecule has 0 aliphatic rings. The van der Waals surface area contributed by atoms with Crippen molar-refractivity contribution in [2.45, 2.75) is 0 Å². The average Bonchev–Trinajstić information content (AvgIpc) is 2.48. The highest BCUT2D eigenvalue weighted by molar-refractivity contribution is 9.10. The van der Waals surface area contributed by atoms with E-state index in [1.807, 2.05) is 29.9 Å². The molecule has 0 fully saturated rings. The second kappa shape index (κ2) is 2.86. The van der Waals surface area contributed by atoms with Crippen LogP contribution < -0.4 is 0 Å². The molecule has 2 aromatic heterocycles. The standard InChI is InChI=1S/C9H6BrN3/c1-13-3-2-7-8(10)4-6(5-11)12-9(7)13/h2-4H,1H3. The summed E-state index contributed by atoms with van der Waals surface area (Å²) >= 11 is 3.40. The highest BCUT2D eigenvalue weighted by Gasteiger charge is 2.05. The summed E-state index contributed by atoms with van der Waals surface area (Å²) in [5.74, 6) is 0. The zero-order chi connectivity index (χ0) is 9.42. The highest BCUT2D eigenvalue weighted by atomic mass is 79.9. The molecule has 0 saturated heterocycles. The Bertz CT molecular complexity index is 507. The Morgan fingerprint density at radius 3 is 3.08 bits per heavy atom. The molecule has 0 spiro atoms. The lowest BCUT2D eigenvalue weighted by Crippen LogP contribution is -1.90. The van der Waals surface area contributed by atoms with Crippen molar-refractivity contribution in [3.05, 3.63) is 28.5 Å². The van der Waals surface area contributed by atoms with E-state index in [-0.39, 0.29) is 0 Å². The number of nitrogens with zero attached hydrogens (tertiary/aromatic N) is 3. The lowest BCUT2D eigenvalue weighted by molar-refractivity contribution is 0.946. The lowest BCUT2D eigenvalue weighted by Gasteiger charge is -1.97. The second-order valence-corrected chi connectivity index (χ2v) is 3.62. The molecule has 0 bridgehead atoms. The summed E-state index contributed by atoms with van der Waals surface area (Å²) in [4.78, 5) is 4.19. The summed E-state index contributed by atoms with van der Waals surface area (Å²) in [7, 11) is 1.91. The Morgan fingerprint density at radius 1 is 1.62 bits per heavy atom. The number of rotatable bonds is 0. The Kier molecular flexibility index (Phi) is 1.82. The molecule has 4 heteroatoms. The van der Waals surface area contributed by atoms with Crippen LogP contribution in [-0.2, 0) is 7.05 Å². The molecule has 2 heterocycles. The Morgan fingerprint density at radius 2 is 2.38 bits per heavy atom. The van der Waals surface area contributed by atoms with Crippen LogP contribution in [0.25, 0.3) is 11.0 Å². The van der Waals surface area contributed by atoms with E-state index in [1.54, 1.807) is 6.07 Å². The van der Waals surface area contributed by atoms with E-state index in [1.165, 1.54) is 0 Å². The molecular formula is C9H6BrN3. The van der Waals surface area contributed by atoms with E-state index in [9.17, 15) is 0 Å². The number of hydrogen-bond acceptors (Lipinski definition) is 2. The summed E-state index contributed by atoms with van der Waals surface area (Å²) < 4.78 is 2.80. The van der Waals surface area contributed by atoms with E-state index < -0.39 is 0 Å². The van der Waals surface area contributed by atoms with E-state index in [4.69, 9.17) is 5.26 Å². The fourth-order valence-corrected chi connectivity index (χ4v) is 1.77. The number of pyridine rings is 1. The fourth-order valence-electron chi connectivity index (χ4n) is 1.25. The molecule has 2 aromatic rings. The van der Waals surface area contributed by atoms with Gasteiger partial charge in [0.2, 0.25) is 0 Å². The topological polar surface area (TPSA) is 41.6 Å². The van der Waals surface area contributed by atoms with Gasteiger partial charge in [0.25, 0.3) is 0 Å². The lowest BCUT2D eigenvalue weighted by atomic mass is 10.3. The number of fused-ring (bicyclic) bond motifs is 1. The highest BCUT2D eigenvalue weighted by Crippen LogP contribution is 2.23. The molecule has 0 saturated carbocycles. The Labute approximate surface area is 83.7 Å². The quantitative estimate of drug-likeness (QED) is 0.703. The molecule has 0 aromatic carbocycles. The molecule has 64 valence electrons. The Hall–Kier alpha value is -1.34. The van der Waals surface area contributed by atoms with Crippen LogP contribution >= 0.6 is 15.9 Å². The van der Waals surface area contributed by atoms with Gasteiger partial charge in [0, 0.05) is 23.1 Å². The van der Waals surface area contributed by atoms with Gasteiger partial charge in [-0.15, -0.1) is 0 Å². The van der Waals surface area contributed by atoms with Gasteiger partial charge in [0.1, 0.15) is 17.4 Å². The van der Waals surface area contributed by atoms with Crippen molar-refractivity contribution in [1.82, 2.24) is 9.55 Å². The van der Waals surface area contributed by atoms with Crippen LogP contribution in [0.3, 0.4) is 0 Å². The summed E-state index contributed by atoms with van der Waals surface area (Å²) in [5.41, 5.74) is 1.26. The average molecular weight is 236 g/mol. The molecule has 13 heavy (non-hydrogen) atoms. The van der Waals surface area contributed by atoms with Gasteiger partial charge in [-0.25, -0.2) is 4.98 Å². The summed E-state index contributed by atoms with van der Waals surface area (Å²) in [6.07, 6.45) is 1.92. The Balaban J connectivity index is 2.90. The van der Waals surface area contributed by atoms with E-state index >= 15 is 0 Å². The molecule has 0 N–H and O–H groups in total. The van der Waals surface area contributed by atoms with Gasteiger partial charge in [0.15, 0.2) is 0 Å². The molecule has 0 atom stereocenters. The number of aryl methyl sites for hydroxylation is 1. The predicted octanol–water partition coefficient (Wildman–Crippen LogP) is 2.21. The first-order valence-corrected chi connectivity index (χ1v) is 4.53. The van der Waals surface area contributed by atoms with E-state index in [2.05, 4.69) is 20.9 Å². The normalized spacial score (nSPS) is 10.2. The first kappa shape index (κ1) is 8.27. The minimum Gasteiger partial charge on any atom is -0.336 e. The maximum Gasteiger partial charge on any atom is 0.144 e. The number of aromatic nitrogens is 2. The van der Waals surface area contributed by atoms with Crippen LogP contribution in [0, 0.1) is 11.3 Å². The maximum atomic E-state index is 8.71. The first-order chi connectivity index (χ1) is 6.22. The van der Waals surface area contributed by atoms with Gasteiger partial charge in [-0.3, -0.25) is 0 Å². The summed E-state index contributed by atoms with van der Waals surface area (Å²) in [6.45, 7) is 0. The number of nitriles is 1. The largest absolute Gasteiger partial charge is 0.336 e. The van der Waals surface area contributed by atoms with Crippen LogP contribution in [0.2, 0.25) is 0 Å². The minimum atomic E-state index is 0.432. The molecule has 0 amide bonds. The third kappa shape index (κ3) is 1.21. The van der Waals surface area contributed by atoms with Crippen molar-refractivity contribution in [3.8, 4) is 6.07 Å². The van der Waals surface area contributed by atoms with Crippen LogP contribution in [0.4, 0.5) is 0 Å². The summed E-state index contributed by atoms with van der Waals surface area (Å²) in [6, 6.07) is 5.71. The van der Waals surface area contributed by atoms with Crippen LogP contribution in [0.15, 0.2) is 22.8 Å². The van der Waals surface area contributed by atoms with Crippen molar-refractivity contribution in [1.29, 1.82) is 5.26 Å². The third-order valence-corrected chi connectivity index (χ3v) is 2.56. The third-order valence-electron chi connectivity index (χ3n) is 1.90. The predicted molar refractivity (Wildman–Crippen MR) is 53.1 cm³/mol. The van der Waals surface area contributed by atoms with Crippen molar-refractivity contribution >= 4 is 27.0 Å². The maximum absolute atomic E-state index is 8.71. The van der Waals surface area contributed by atoms with Gasteiger partial charge < -0.3 is 4.57 Å². The van der Waals surface area contributed by atoms with Gasteiger partial charge in [0.05, 0.1) is 0 Å². The van der Waals surface area contributed by atoms with Crippen molar-refractivity contribution in [3.63, 3.8) is 0 Å². The van der Waals surface area contributed by atoms with Gasteiger partial charge >= 0.3 is 0 Å². The van der Waals surface area contributed by atoms with Gasteiger partial charge in [-0.2, -0.15) is 5.26 Å². The molecule has 2 rings (SSSR count). The monoisotopic (exact) mass is 235 g/mol. The van der Waals surface area contributed by atoms with Gasteiger partial charge in [-0.1, -0.05) is 0 Å².